The van der Waals surface area contributed by atoms with Crippen molar-refractivity contribution in [2.75, 3.05) is 6.61 Å². The summed E-state index contributed by atoms with van der Waals surface area (Å²) in [7, 11) is 0. The highest BCUT2D eigenvalue weighted by Gasteiger charge is 2.12. The van der Waals surface area contributed by atoms with Crippen LogP contribution >= 0.6 is 11.8 Å². The van der Waals surface area contributed by atoms with Crippen LogP contribution in [0.2, 0.25) is 0 Å². The zero-order chi connectivity index (χ0) is 12.4. The zero-order valence-electron chi connectivity index (χ0n) is 10.5. The van der Waals surface area contributed by atoms with Gasteiger partial charge in [0.1, 0.15) is 0 Å². The number of esters is 1. The molecule has 4 heteroatoms. The number of ether oxygens (including phenoxy) is 1. The van der Waals surface area contributed by atoms with Crippen LogP contribution < -0.4 is 0 Å². The maximum atomic E-state index is 11.1. The molecule has 0 aliphatic rings. The predicted molar refractivity (Wildman–Crippen MR) is 67.5 cm³/mol. The molecule has 0 aliphatic carbocycles. The van der Waals surface area contributed by atoms with Crippen LogP contribution in [0.1, 0.15) is 52.9 Å². The molecule has 94 valence electrons. The third-order valence-corrected chi connectivity index (χ3v) is 3.24. The lowest BCUT2D eigenvalue weighted by atomic mass is 10.2. The molecular weight excluding hydrogens is 224 g/mol. The van der Waals surface area contributed by atoms with Crippen molar-refractivity contribution in [3.63, 3.8) is 0 Å². The third kappa shape index (κ3) is 8.77. The fraction of sp³-hybridized carbons (Fsp3) is 0.833. The lowest BCUT2D eigenvalue weighted by molar-refractivity contribution is -0.143. The number of hydrogen-bond acceptors (Lipinski definition) is 4. The van der Waals surface area contributed by atoms with E-state index in [1.165, 1.54) is 11.8 Å². The van der Waals surface area contributed by atoms with E-state index in [0.717, 1.165) is 25.7 Å². The second-order valence-corrected chi connectivity index (χ2v) is 5.26. The quantitative estimate of drug-likeness (QED) is 0.617. The van der Waals surface area contributed by atoms with Crippen molar-refractivity contribution in [1.29, 1.82) is 0 Å². The highest BCUT2D eigenvalue weighted by molar-refractivity contribution is 8.14. The molecule has 0 bridgehead atoms. The topological polar surface area (TPSA) is 43.4 Å². The first-order valence-electron chi connectivity index (χ1n) is 5.93. The van der Waals surface area contributed by atoms with Crippen molar-refractivity contribution in [3.05, 3.63) is 0 Å². The molecule has 0 radical (unpaired) electrons. The van der Waals surface area contributed by atoms with Crippen LogP contribution in [0, 0.1) is 0 Å². The predicted octanol–water partition coefficient (Wildman–Crippen LogP) is 3.17. The highest BCUT2D eigenvalue weighted by Crippen LogP contribution is 2.20. The molecule has 1 atom stereocenters. The zero-order valence-corrected chi connectivity index (χ0v) is 11.3. The van der Waals surface area contributed by atoms with E-state index in [0.29, 0.717) is 13.0 Å². The Morgan fingerprint density at radius 3 is 2.38 bits per heavy atom. The van der Waals surface area contributed by atoms with Gasteiger partial charge in [-0.15, -0.1) is 0 Å². The van der Waals surface area contributed by atoms with Crippen LogP contribution in [0.15, 0.2) is 0 Å². The monoisotopic (exact) mass is 246 g/mol. The van der Waals surface area contributed by atoms with E-state index in [2.05, 4.69) is 6.92 Å². The molecule has 0 aromatic heterocycles. The van der Waals surface area contributed by atoms with Gasteiger partial charge in [-0.3, -0.25) is 9.59 Å². The van der Waals surface area contributed by atoms with Crippen LogP contribution in [0.4, 0.5) is 0 Å². The minimum absolute atomic E-state index is 0.134. The van der Waals surface area contributed by atoms with Gasteiger partial charge in [0, 0.05) is 18.6 Å². The summed E-state index contributed by atoms with van der Waals surface area (Å²) in [6, 6.07) is 0. The van der Waals surface area contributed by atoms with Gasteiger partial charge in [-0.2, -0.15) is 0 Å². The van der Waals surface area contributed by atoms with E-state index in [9.17, 15) is 9.59 Å². The lowest BCUT2D eigenvalue weighted by Crippen LogP contribution is -2.12. The molecule has 0 saturated carbocycles. The van der Waals surface area contributed by atoms with Crippen LogP contribution in [-0.2, 0) is 14.3 Å². The van der Waals surface area contributed by atoms with Crippen LogP contribution in [0.5, 0.6) is 0 Å². The van der Waals surface area contributed by atoms with E-state index in [4.69, 9.17) is 4.74 Å². The number of rotatable bonds is 8. The van der Waals surface area contributed by atoms with Crippen molar-refractivity contribution in [3.8, 4) is 0 Å². The Morgan fingerprint density at radius 1 is 1.19 bits per heavy atom. The van der Waals surface area contributed by atoms with Crippen LogP contribution in [0.25, 0.3) is 0 Å². The molecular formula is C12H22O3S. The Morgan fingerprint density at radius 2 is 1.88 bits per heavy atom. The molecule has 0 aromatic carbocycles. The summed E-state index contributed by atoms with van der Waals surface area (Å²) in [5.74, 6) is -0.134. The van der Waals surface area contributed by atoms with E-state index in [1.54, 1.807) is 6.92 Å². The summed E-state index contributed by atoms with van der Waals surface area (Å²) < 4.78 is 5.08. The summed E-state index contributed by atoms with van der Waals surface area (Å²) in [6.45, 7) is 6.06. The standard InChI is InChI=1S/C12H22O3S/c1-4-6-11(16-10(3)13)8-9-15-12(14)7-5-2/h11H,4-9H2,1-3H3. The van der Waals surface area contributed by atoms with E-state index >= 15 is 0 Å². The van der Waals surface area contributed by atoms with Crippen molar-refractivity contribution in [1.82, 2.24) is 0 Å². The Labute approximate surface area is 102 Å². The Hall–Kier alpha value is -0.510. The van der Waals surface area contributed by atoms with Crippen molar-refractivity contribution in [2.45, 2.75) is 58.1 Å². The molecule has 3 nitrogen and oxygen atoms in total. The minimum atomic E-state index is -0.134. The van der Waals surface area contributed by atoms with E-state index in [-0.39, 0.29) is 16.3 Å². The number of thioether (sulfide) groups is 1. The van der Waals surface area contributed by atoms with E-state index < -0.39 is 0 Å². The summed E-state index contributed by atoms with van der Waals surface area (Å²) in [5, 5.41) is 0.426. The molecule has 0 aliphatic heterocycles. The van der Waals surface area contributed by atoms with Crippen molar-refractivity contribution in [2.24, 2.45) is 0 Å². The van der Waals surface area contributed by atoms with Gasteiger partial charge in [0.05, 0.1) is 6.61 Å². The number of carbonyl (C=O) groups excluding carboxylic acids is 2. The molecule has 0 spiro atoms. The van der Waals surface area contributed by atoms with Crippen LogP contribution in [0.3, 0.4) is 0 Å². The van der Waals surface area contributed by atoms with Crippen LogP contribution in [-0.4, -0.2) is 22.9 Å². The van der Waals surface area contributed by atoms with Crippen molar-refractivity contribution < 1.29 is 14.3 Å². The first-order valence-corrected chi connectivity index (χ1v) is 6.80. The Bertz CT molecular complexity index is 216. The molecule has 0 N–H and O–H groups in total. The Kier molecular flexibility index (Phi) is 9.39. The molecule has 0 aromatic rings. The maximum Gasteiger partial charge on any atom is 0.305 e. The number of hydrogen-bond donors (Lipinski definition) is 0. The second kappa shape index (κ2) is 9.70. The van der Waals surface area contributed by atoms with Gasteiger partial charge in [0.25, 0.3) is 0 Å². The molecule has 0 amide bonds. The normalized spacial score (nSPS) is 12.2. The first kappa shape index (κ1) is 15.5. The fourth-order valence-electron chi connectivity index (χ4n) is 1.40. The average molecular weight is 246 g/mol. The average Bonchev–Trinajstić information content (AvgIpc) is 2.17. The van der Waals surface area contributed by atoms with Gasteiger partial charge in [0.2, 0.25) is 0 Å². The van der Waals surface area contributed by atoms with Gasteiger partial charge < -0.3 is 4.74 Å². The lowest BCUT2D eigenvalue weighted by Gasteiger charge is -2.13. The van der Waals surface area contributed by atoms with E-state index in [1.807, 2.05) is 6.92 Å². The fourth-order valence-corrected chi connectivity index (χ4v) is 2.44. The first-order chi connectivity index (χ1) is 7.60. The van der Waals surface area contributed by atoms with Gasteiger partial charge in [-0.1, -0.05) is 32.0 Å². The molecule has 16 heavy (non-hydrogen) atoms. The van der Waals surface area contributed by atoms with Gasteiger partial charge in [-0.05, 0) is 19.3 Å². The molecule has 0 fully saturated rings. The molecule has 0 heterocycles. The summed E-state index contributed by atoms with van der Waals surface area (Å²) >= 11 is 1.36. The third-order valence-electron chi connectivity index (χ3n) is 2.10. The second-order valence-electron chi connectivity index (χ2n) is 3.78. The molecule has 1 unspecified atom stereocenters. The van der Waals surface area contributed by atoms with Gasteiger partial charge >= 0.3 is 5.97 Å². The largest absolute Gasteiger partial charge is 0.466 e. The maximum absolute atomic E-state index is 11.1. The smallest absolute Gasteiger partial charge is 0.305 e. The molecule has 0 saturated heterocycles. The summed E-state index contributed by atoms with van der Waals surface area (Å²) in [6.07, 6.45) is 4.12. The Balaban J connectivity index is 3.74. The van der Waals surface area contributed by atoms with Gasteiger partial charge in [0.15, 0.2) is 5.12 Å². The molecule has 0 rings (SSSR count). The minimum Gasteiger partial charge on any atom is -0.466 e. The van der Waals surface area contributed by atoms with Gasteiger partial charge in [-0.25, -0.2) is 0 Å². The van der Waals surface area contributed by atoms with Crippen molar-refractivity contribution >= 4 is 22.8 Å². The highest BCUT2D eigenvalue weighted by atomic mass is 32.2. The number of carbonyl (C=O) groups is 2. The summed E-state index contributed by atoms with van der Waals surface area (Å²) in [4.78, 5) is 22.1. The summed E-state index contributed by atoms with van der Waals surface area (Å²) in [5.41, 5.74) is 0. The SMILES string of the molecule is CCCC(=O)OCCC(CCC)SC(C)=O.